The minimum absolute atomic E-state index is 0.0506. The molecule has 3 unspecified atom stereocenters. The van der Waals surface area contributed by atoms with Gasteiger partial charge >= 0.3 is 0 Å². The minimum atomic E-state index is -3.43. The third-order valence-corrected chi connectivity index (χ3v) is 7.49. The van der Waals surface area contributed by atoms with Crippen molar-refractivity contribution >= 4 is 45.1 Å². The summed E-state index contributed by atoms with van der Waals surface area (Å²) in [5, 5.41) is 11.1. The van der Waals surface area contributed by atoms with Crippen molar-refractivity contribution in [2.24, 2.45) is 0 Å². The number of amides is 4. The zero-order valence-corrected chi connectivity index (χ0v) is 19.5. The van der Waals surface area contributed by atoms with Crippen LogP contribution in [-0.4, -0.2) is 68.2 Å². The largest absolute Gasteiger partial charge is 0.353 e. The molecule has 0 saturated carbocycles. The average Bonchev–Trinajstić information content (AvgIpc) is 3.00. The van der Waals surface area contributed by atoms with Crippen LogP contribution in [0.15, 0.2) is 24.3 Å². The fourth-order valence-corrected chi connectivity index (χ4v) is 6.01. The van der Waals surface area contributed by atoms with Crippen molar-refractivity contribution in [2.75, 3.05) is 18.1 Å². The lowest BCUT2D eigenvalue weighted by molar-refractivity contribution is -0.126. The van der Waals surface area contributed by atoms with Gasteiger partial charge in [-0.25, -0.2) is 8.42 Å². The molecule has 0 bridgehead atoms. The van der Waals surface area contributed by atoms with Gasteiger partial charge in [-0.3, -0.25) is 19.2 Å². The van der Waals surface area contributed by atoms with Crippen LogP contribution in [0, 0.1) is 0 Å². The van der Waals surface area contributed by atoms with Crippen LogP contribution < -0.4 is 21.3 Å². The lowest BCUT2D eigenvalue weighted by atomic mass is 10.0. The normalized spacial score (nSPS) is 23.9. The maximum atomic E-state index is 12.4. The van der Waals surface area contributed by atoms with Crippen molar-refractivity contribution in [3.63, 3.8) is 0 Å². The Kier molecular flexibility index (Phi) is 8.30. The Labute approximate surface area is 197 Å². The van der Waals surface area contributed by atoms with E-state index >= 15 is 0 Å². The average molecular weight is 499 g/mol. The first kappa shape index (κ1) is 25.0. The van der Waals surface area contributed by atoms with E-state index in [4.69, 9.17) is 11.6 Å². The molecule has 0 aliphatic carbocycles. The number of sulfone groups is 1. The first-order chi connectivity index (χ1) is 15.6. The molecule has 12 heteroatoms. The second-order valence-corrected chi connectivity index (χ2v) is 10.9. The standard InChI is InChI=1S/C21H27ClN4O6S/c22-14-4-1-3-13(9-14)21(30)23-8-7-19(28)25-16-11-33(31,32)12-17(16)26-20(29)10-15-5-2-6-18(27)24-15/h1,3-4,9,15-17H,2,5-8,10-12H2,(H,23,30)(H,24,27)(H,25,28)(H,26,29). The van der Waals surface area contributed by atoms with Crippen LogP contribution in [0.25, 0.3) is 0 Å². The summed E-state index contributed by atoms with van der Waals surface area (Å²) in [5.74, 6) is -1.85. The first-order valence-electron chi connectivity index (χ1n) is 10.7. The number of rotatable bonds is 8. The summed E-state index contributed by atoms with van der Waals surface area (Å²) in [6.07, 6.45) is 1.82. The maximum Gasteiger partial charge on any atom is 0.251 e. The van der Waals surface area contributed by atoms with E-state index < -0.39 is 27.8 Å². The lowest BCUT2D eigenvalue weighted by Crippen LogP contribution is -2.52. The van der Waals surface area contributed by atoms with Gasteiger partial charge in [0.05, 0.1) is 23.6 Å². The summed E-state index contributed by atoms with van der Waals surface area (Å²) < 4.78 is 24.2. The molecule has 10 nitrogen and oxygen atoms in total. The van der Waals surface area contributed by atoms with E-state index in [2.05, 4.69) is 21.3 Å². The Hall–Kier alpha value is -2.66. The fraction of sp³-hybridized carbons (Fsp3) is 0.524. The number of carbonyl (C=O) groups is 4. The molecule has 33 heavy (non-hydrogen) atoms. The van der Waals surface area contributed by atoms with Gasteiger partial charge in [-0.2, -0.15) is 0 Å². The third kappa shape index (κ3) is 7.71. The van der Waals surface area contributed by atoms with E-state index in [0.717, 1.165) is 0 Å². The SMILES string of the molecule is O=C1CCCC(CC(=O)NC2CS(=O)(=O)CC2NC(=O)CCNC(=O)c2cccc(Cl)c2)N1. The first-order valence-corrected chi connectivity index (χ1v) is 12.9. The van der Waals surface area contributed by atoms with Crippen LogP contribution in [0.2, 0.25) is 5.02 Å². The van der Waals surface area contributed by atoms with Gasteiger partial charge in [0, 0.05) is 42.4 Å². The van der Waals surface area contributed by atoms with E-state index in [1.54, 1.807) is 18.2 Å². The van der Waals surface area contributed by atoms with Crippen LogP contribution >= 0.6 is 11.6 Å². The molecule has 0 spiro atoms. The van der Waals surface area contributed by atoms with Crippen molar-refractivity contribution in [1.29, 1.82) is 0 Å². The van der Waals surface area contributed by atoms with Crippen LogP contribution in [0.1, 0.15) is 42.5 Å². The molecule has 180 valence electrons. The topological polar surface area (TPSA) is 151 Å². The molecule has 3 atom stereocenters. The highest BCUT2D eigenvalue weighted by atomic mass is 35.5. The van der Waals surface area contributed by atoms with Gasteiger partial charge in [0.25, 0.3) is 5.91 Å². The predicted molar refractivity (Wildman–Crippen MR) is 121 cm³/mol. The quantitative estimate of drug-likeness (QED) is 0.393. The van der Waals surface area contributed by atoms with Gasteiger partial charge in [0.2, 0.25) is 17.7 Å². The van der Waals surface area contributed by atoms with E-state index in [-0.39, 0.29) is 54.7 Å². The summed E-state index contributed by atoms with van der Waals surface area (Å²) in [4.78, 5) is 48.3. The van der Waals surface area contributed by atoms with Gasteiger partial charge in [-0.1, -0.05) is 17.7 Å². The summed E-state index contributed by atoms with van der Waals surface area (Å²) in [6, 6.07) is 4.58. The van der Waals surface area contributed by atoms with Gasteiger partial charge in [-0.15, -0.1) is 0 Å². The summed E-state index contributed by atoms with van der Waals surface area (Å²) in [6.45, 7) is 0.0506. The molecule has 4 amide bonds. The summed E-state index contributed by atoms with van der Waals surface area (Å²) >= 11 is 5.86. The van der Waals surface area contributed by atoms with E-state index in [1.807, 2.05) is 0 Å². The van der Waals surface area contributed by atoms with Gasteiger partial charge < -0.3 is 21.3 Å². The van der Waals surface area contributed by atoms with E-state index in [9.17, 15) is 27.6 Å². The fourth-order valence-electron chi connectivity index (χ4n) is 3.96. The van der Waals surface area contributed by atoms with E-state index in [0.29, 0.717) is 29.8 Å². The Balaban J connectivity index is 1.47. The molecule has 2 aliphatic rings. The van der Waals surface area contributed by atoms with Crippen LogP contribution in [0.4, 0.5) is 0 Å². The van der Waals surface area contributed by atoms with Gasteiger partial charge in [-0.05, 0) is 31.0 Å². The molecule has 1 aromatic rings. The van der Waals surface area contributed by atoms with Crippen molar-refractivity contribution < 1.29 is 27.6 Å². The molecule has 2 saturated heterocycles. The number of benzene rings is 1. The molecular weight excluding hydrogens is 472 g/mol. The van der Waals surface area contributed by atoms with Gasteiger partial charge in [0.15, 0.2) is 9.84 Å². The van der Waals surface area contributed by atoms with Crippen LogP contribution in [-0.2, 0) is 24.2 Å². The van der Waals surface area contributed by atoms with Crippen molar-refractivity contribution in [1.82, 2.24) is 21.3 Å². The molecular formula is C21H27ClN4O6S. The smallest absolute Gasteiger partial charge is 0.251 e. The molecule has 1 aromatic carbocycles. The number of halogens is 1. The zero-order valence-electron chi connectivity index (χ0n) is 17.9. The molecule has 2 fully saturated rings. The second-order valence-electron chi connectivity index (χ2n) is 8.30. The molecule has 0 radical (unpaired) electrons. The minimum Gasteiger partial charge on any atom is -0.353 e. The van der Waals surface area contributed by atoms with Crippen LogP contribution in [0.3, 0.4) is 0 Å². The molecule has 3 rings (SSSR count). The number of carbonyl (C=O) groups excluding carboxylic acids is 4. The highest BCUT2D eigenvalue weighted by Gasteiger charge is 2.39. The van der Waals surface area contributed by atoms with Crippen molar-refractivity contribution in [3.8, 4) is 0 Å². The maximum absolute atomic E-state index is 12.4. The Bertz CT molecular complexity index is 1030. The Morgan fingerprint density at radius 1 is 1.09 bits per heavy atom. The predicted octanol–water partition coefficient (Wildman–Crippen LogP) is -0.0833. The molecule has 2 heterocycles. The van der Waals surface area contributed by atoms with Crippen LogP contribution in [0.5, 0.6) is 0 Å². The monoisotopic (exact) mass is 498 g/mol. The zero-order chi connectivity index (χ0) is 24.0. The highest BCUT2D eigenvalue weighted by molar-refractivity contribution is 7.91. The van der Waals surface area contributed by atoms with Gasteiger partial charge in [0.1, 0.15) is 0 Å². The third-order valence-electron chi connectivity index (χ3n) is 5.52. The second kappa shape index (κ2) is 11.0. The number of piperidine rings is 1. The number of hydrogen-bond donors (Lipinski definition) is 4. The molecule has 0 aromatic heterocycles. The highest BCUT2D eigenvalue weighted by Crippen LogP contribution is 2.15. The van der Waals surface area contributed by atoms with E-state index in [1.165, 1.54) is 6.07 Å². The molecule has 4 N–H and O–H groups in total. The lowest BCUT2D eigenvalue weighted by Gasteiger charge is -2.25. The Morgan fingerprint density at radius 2 is 1.79 bits per heavy atom. The molecule has 2 aliphatic heterocycles. The number of hydrogen-bond acceptors (Lipinski definition) is 6. The van der Waals surface area contributed by atoms with Crippen molar-refractivity contribution in [2.45, 2.75) is 50.2 Å². The number of nitrogens with one attached hydrogen (secondary N) is 4. The summed E-state index contributed by atoms with van der Waals surface area (Å²) in [7, 11) is -3.43. The van der Waals surface area contributed by atoms with Crippen molar-refractivity contribution in [3.05, 3.63) is 34.9 Å². The summed E-state index contributed by atoms with van der Waals surface area (Å²) in [5.41, 5.74) is 0.363. The Morgan fingerprint density at radius 3 is 2.45 bits per heavy atom.